The highest BCUT2D eigenvalue weighted by molar-refractivity contribution is 5.80. The summed E-state index contributed by atoms with van der Waals surface area (Å²) in [4.78, 5) is 25.3. The Morgan fingerprint density at radius 2 is 2.20 bits per heavy atom. The largest absolute Gasteiger partial charge is 0.481 e. The summed E-state index contributed by atoms with van der Waals surface area (Å²) in [5.41, 5.74) is -2.07. The number of fused-ring (bicyclic) bond motifs is 1. The molecular weight excluding hydrogens is 341 g/mol. The number of carboxylic acid groups (broad SMARTS) is 1. The van der Waals surface area contributed by atoms with E-state index in [1.54, 1.807) is 0 Å². The van der Waals surface area contributed by atoms with E-state index in [0.29, 0.717) is 13.0 Å². The zero-order valence-electron chi connectivity index (χ0n) is 13.6. The van der Waals surface area contributed by atoms with Crippen molar-refractivity contribution in [1.29, 1.82) is 0 Å². The summed E-state index contributed by atoms with van der Waals surface area (Å²) in [5, 5.41) is 15.4. The van der Waals surface area contributed by atoms with Crippen LogP contribution in [0.4, 0.5) is 18.0 Å². The fourth-order valence-corrected chi connectivity index (χ4v) is 3.98. The number of amides is 2. The molecule has 0 bridgehead atoms. The molecule has 138 valence electrons. The van der Waals surface area contributed by atoms with Crippen molar-refractivity contribution in [1.82, 2.24) is 20.0 Å². The zero-order valence-corrected chi connectivity index (χ0v) is 13.6. The number of hydrogen-bond donors (Lipinski definition) is 2. The maximum absolute atomic E-state index is 12.9. The molecule has 0 radical (unpaired) electrons. The monoisotopic (exact) mass is 360 g/mol. The number of likely N-dealkylation sites (tertiary alicyclic amines) is 1. The first-order chi connectivity index (χ1) is 11.6. The molecule has 2 heterocycles. The number of nitrogens with one attached hydrogen (secondary N) is 1. The molecule has 7 nitrogen and oxygen atoms in total. The lowest BCUT2D eigenvalue weighted by molar-refractivity contribution is -0.149. The van der Waals surface area contributed by atoms with Gasteiger partial charge in [0.25, 0.3) is 0 Å². The van der Waals surface area contributed by atoms with Gasteiger partial charge in [0.15, 0.2) is 5.69 Å². The average molecular weight is 360 g/mol. The van der Waals surface area contributed by atoms with Gasteiger partial charge >= 0.3 is 18.2 Å². The van der Waals surface area contributed by atoms with Gasteiger partial charge < -0.3 is 15.3 Å². The first kappa shape index (κ1) is 17.6. The van der Waals surface area contributed by atoms with Gasteiger partial charge in [-0.05, 0) is 18.8 Å². The van der Waals surface area contributed by atoms with Crippen LogP contribution in [0.2, 0.25) is 0 Å². The van der Waals surface area contributed by atoms with Crippen LogP contribution in [0.3, 0.4) is 0 Å². The number of alkyl halides is 3. The predicted octanol–water partition coefficient (Wildman–Crippen LogP) is 1.84. The lowest BCUT2D eigenvalue weighted by Gasteiger charge is -2.23. The van der Waals surface area contributed by atoms with Crippen LogP contribution in [0.25, 0.3) is 0 Å². The Labute approximate surface area is 141 Å². The quantitative estimate of drug-likeness (QED) is 0.861. The molecule has 10 heteroatoms. The number of carboxylic acids is 1. The summed E-state index contributed by atoms with van der Waals surface area (Å²) in [7, 11) is 1.37. The Morgan fingerprint density at radius 3 is 2.80 bits per heavy atom. The van der Waals surface area contributed by atoms with Gasteiger partial charge in [0, 0.05) is 38.4 Å². The second-order valence-corrected chi connectivity index (χ2v) is 6.76. The van der Waals surface area contributed by atoms with Gasteiger partial charge in [0.1, 0.15) is 0 Å². The van der Waals surface area contributed by atoms with Crippen LogP contribution < -0.4 is 5.32 Å². The van der Waals surface area contributed by atoms with E-state index in [2.05, 4.69) is 10.4 Å². The maximum atomic E-state index is 12.9. The van der Waals surface area contributed by atoms with Gasteiger partial charge in [-0.1, -0.05) is 6.42 Å². The van der Waals surface area contributed by atoms with Gasteiger partial charge in [-0.3, -0.25) is 9.48 Å². The minimum Gasteiger partial charge on any atom is -0.481 e. The Kier molecular flexibility index (Phi) is 4.16. The first-order valence-electron chi connectivity index (χ1n) is 7.99. The van der Waals surface area contributed by atoms with E-state index in [-0.39, 0.29) is 24.6 Å². The van der Waals surface area contributed by atoms with E-state index < -0.39 is 29.3 Å². The Hall–Kier alpha value is -2.26. The smallest absolute Gasteiger partial charge is 0.435 e. The number of carbonyl (C=O) groups is 2. The Bertz CT molecular complexity index is 703. The van der Waals surface area contributed by atoms with E-state index in [9.17, 15) is 27.9 Å². The number of carbonyl (C=O) groups excluding carboxylic acids is 1. The summed E-state index contributed by atoms with van der Waals surface area (Å²) in [6.45, 7) is 0.0953. The van der Waals surface area contributed by atoms with Crippen LogP contribution in [0, 0.1) is 11.3 Å². The SMILES string of the molecule is Cn1cc(CNC(=O)N2C[C@@H]3CCC[C@@]3(C(=O)O)C2)c(C(F)(F)F)n1. The molecule has 2 N–H and O–H groups in total. The molecule has 1 aliphatic carbocycles. The van der Waals surface area contributed by atoms with E-state index in [4.69, 9.17) is 0 Å². The molecule has 25 heavy (non-hydrogen) atoms. The van der Waals surface area contributed by atoms with Gasteiger partial charge in [-0.2, -0.15) is 18.3 Å². The van der Waals surface area contributed by atoms with Crippen LogP contribution in [-0.4, -0.2) is 44.9 Å². The molecule has 2 aliphatic rings. The topological polar surface area (TPSA) is 87.5 Å². The molecule has 1 aromatic rings. The van der Waals surface area contributed by atoms with E-state index in [1.165, 1.54) is 18.1 Å². The summed E-state index contributed by atoms with van der Waals surface area (Å²) in [6, 6.07) is -0.549. The third kappa shape index (κ3) is 3.05. The second-order valence-electron chi connectivity index (χ2n) is 6.76. The van der Waals surface area contributed by atoms with E-state index in [0.717, 1.165) is 17.5 Å². The molecule has 2 atom stereocenters. The summed E-state index contributed by atoms with van der Waals surface area (Å²) >= 11 is 0. The number of rotatable bonds is 3. The third-order valence-corrected chi connectivity index (χ3v) is 5.19. The average Bonchev–Trinajstić information content (AvgIpc) is 3.15. The van der Waals surface area contributed by atoms with Crippen molar-refractivity contribution in [2.75, 3.05) is 13.1 Å². The standard InChI is InChI=1S/C15H19F3N4O3/c1-21-6-9(11(20-21)15(16,17)18)5-19-13(25)22-7-10-3-2-4-14(10,8-22)12(23)24/h6,10H,2-5,7-8H2,1H3,(H,19,25)(H,23,24)/t10-,14+/m0/s1. The summed E-state index contributed by atoms with van der Waals surface area (Å²) in [5.74, 6) is -1.00. The van der Waals surface area contributed by atoms with Crippen molar-refractivity contribution in [2.24, 2.45) is 18.4 Å². The van der Waals surface area contributed by atoms with Crippen LogP contribution in [0.5, 0.6) is 0 Å². The molecule has 2 fully saturated rings. The lowest BCUT2D eigenvalue weighted by Crippen LogP contribution is -2.41. The molecule has 1 aromatic heterocycles. The van der Waals surface area contributed by atoms with Crippen molar-refractivity contribution in [3.05, 3.63) is 17.5 Å². The molecule has 0 aromatic carbocycles. The Balaban J connectivity index is 1.66. The molecular formula is C15H19F3N4O3. The molecule has 1 aliphatic heterocycles. The second kappa shape index (κ2) is 5.92. The van der Waals surface area contributed by atoms with Crippen LogP contribution in [-0.2, 0) is 24.6 Å². The van der Waals surface area contributed by atoms with Crippen molar-refractivity contribution in [2.45, 2.75) is 32.0 Å². The molecule has 0 spiro atoms. The fraction of sp³-hybridized carbons (Fsp3) is 0.667. The molecule has 3 rings (SSSR count). The maximum Gasteiger partial charge on any atom is 0.435 e. The number of urea groups is 1. The number of halogens is 3. The summed E-state index contributed by atoms with van der Waals surface area (Å²) < 4.78 is 39.8. The Morgan fingerprint density at radius 1 is 1.48 bits per heavy atom. The van der Waals surface area contributed by atoms with Crippen molar-refractivity contribution in [3.63, 3.8) is 0 Å². The van der Waals surface area contributed by atoms with Crippen molar-refractivity contribution >= 4 is 12.0 Å². The predicted molar refractivity (Wildman–Crippen MR) is 79.4 cm³/mol. The number of hydrogen-bond acceptors (Lipinski definition) is 3. The highest BCUT2D eigenvalue weighted by atomic mass is 19.4. The first-order valence-corrected chi connectivity index (χ1v) is 7.99. The van der Waals surface area contributed by atoms with Gasteiger partial charge in [0.2, 0.25) is 0 Å². The lowest BCUT2D eigenvalue weighted by atomic mass is 9.81. The fourth-order valence-electron chi connectivity index (χ4n) is 3.98. The highest BCUT2D eigenvalue weighted by Gasteiger charge is 2.55. The van der Waals surface area contributed by atoms with Gasteiger partial charge in [0.05, 0.1) is 5.41 Å². The molecule has 2 amide bonds. The van der Waals surface area contributed by atoms with Crippen LogP contribution >= 0.6 is 0 Å². The number of aromatic nitrogens is 2. The van der Waals surface area contributed by atoms with E-state index in [1.807, 2.05) is 0 Å². The minimum atomic E-state index is -4.60. The molecule has 1 saturated heterocycles. The van der Waals surface area contributed by atoms with Gasteiger partial charge in [-0.15, -0.1) is 0 Å². The van der Waals surface area contributed by atoms with Crippen molar-refractivity contribution < 1.29 is 27.9 Å². The molecule has 0 unspecified atom stereocenters. The summed E-state index contributed by atoms with van der Waals surface area (Å²) in [6.07, 6.45) is -1.30. The van der Waals surface area contributed by atoms with E-state index >= 15 is 0 Å². The normalized spacial score (nSPS) is 25.9. The number of nitrogens with zero attached hydrogens (tertiary/aromatic N) is 3. The number of aryl methyl sites for hydroxylation is 1. The zero-order chi connectivity index (χ0) is 18.4. The number of aliphatic carboxylic acids is 1. The highest BCUT2D eigenvalue weighted by Crippen LogP contribution is 2.48. The third-order valence-electron chi connectivity index (χ3n) is 5.19. The van der Waals surface area contributed by atoms with Gasteiger partial charge in [-0.25, -0.2) is 4.79 Å². The van der Waals surface area contributed by atoms with Crippen molar-refractivity contribution in [3.8, 4) is 0 Å². The van der Waals surface area contributed by atoms with Crippen LogP contribution in [0.1, 0.15) is 30.5 Å². The minimum absolute atomic E-state index is 0.0952. The van der Waals surface area contributed by atoms with Crippen LogP contribution in [0.15, 0.2) is 6.20 Å². The molecule has 1 saturated carbocycles.